The first-order valence-corrected chi connectivity index (χ1v) is 7.64. The Morgan fingerprint density at radius 1 is 1.36 bits per heavy atom. The fourth-order valence-corrected chi connectivity index (χ4v) is 2.05. The van der Waals surface area contributed by atoms with Crippen molar-refractivity contribution in [2.45, 2.75) is 38.8 Å². The summed E-state index contributed by atoms with van der Waals surface area (Å²) in [5.74, 6) is -1.59. The summed E-state index contributed by atoms with van der Waals surface area (Å²) in [6, 6.07) is 7.32. The molecule has 0 aliphatic carbocycles. The van der Waals surface area contributed by atoms with Crippen molar-refractivity contribution in [2.75, 3.05) is 0 Å². The minimum absolute atomic E-state index is 0.0375. The number of para-hydroxylation sites is 1. The molecule has 0 spiro atoms. The lowest BCUT2D eigenvalue weighted by Gasteiger charge is -2.24. The van der Waals surface area contributed by atoms with Gasteiger partial charge in [0.05, 0.1) is 0 Å². The van der Waals surface area contributed by atoms with E-state index in [1.165, 1.54) is 18.2 Å². The molecule has 0 atom stereocenters. The Kier molecular flexibility index (Phi) is 5.74. The summed E-state index contributed by atoms with van der Waals surface area (Å²) in [7, 11) is 0. The topological polar surface area (TPSA) is 102 Å². The lowest BCUT2D eigenvalue weighted by molar-refractivity contribution is -0.137. The van der Waals surface area contributed by atoms with Gasteiger partial charge in [0.2, 0.25) is 0 Å². The molecular formula is C17H19FN2O5. The molecule has 0 fully saturated rings. The number of nitrogens with one attached hydrogen (secondary N) is 1. The predicted molar refractivity (Wildman–Crippen MR) is 85.7 cm³/mol. The Bertz CT molecular complexity index is 757. The number of carbonyl (C=O) groups excluding carboxylic acids is 1. The zero-order chi connectivity index (χ0) is 18.4. The van der Waals surface area contributed by atoms with E-state index in [2.05, 4.69) is 10.5 Å². The summed E-state index contributed by atoms with van der Waals surface area (Å²) in [6.45, 7) is 3.36. The summed E-state index contributed by atoms with van der Waals surface area (Å²) in [5, 5.41) is 15.1. The number of carboxylic acids is 1. The monoisotopic (exact) mass is 350 g/mol. The first-order chi connectivity index (χ1) is 11.8. The summed E-state index contributed by atoms with van der Waals surface area (Å²) in [5.41, 5.74) is -0.673. The van der Waals surface area contributed by atoms with Gasteiger partial charge in [-0.1, -0.05) is 17.3 Å². The zero-order valence-corrected chi connectivity index (χ0v) is 13.9. The van der Waals surface area contributed by atoms with Crippen molar-refractivity contribution in [3.63, 3.8) is 0 Å². The summed E-state index contributed by atoms with van der Waals surface area (Å²) >= 11 is 0. The molecule has 2 N–H and O–H groups in total. The number of ether oxygens (including phenoxy) is 1. The number of hydrogen-bond donors (Lipinski definition) is 2. The van der Waals surface area contributed by atoms with Gasteiger partial charge >= 0.3 is 5.97 Å². The molecule has 0 unspecified atom stereocenters. The molecule has 1 aromatic carbocycles. The first-order valence-electron chi connectivity index (χ1n) is 7.64. The van der Waals surface area contributed by atoms with Gasteiger partial charge in [0, 0.05) is 18.0 Å². The Labute approximate surface area is 143 Å². The van der Waals surface area contributed by atoms with E-state index >= 15 is 0 Å². The minimum atomic E-state index is -0.934. The molecule has 0 aliphatic heterocycles. The normalized spacial score (nSPS) is 11.2. The van der Waals surface area contributed by atoms with Crippen LogP contribution >= 0.6 is 0 Å². The summed E-state index contributed by atoms with van der Waals surface area (Å²) < 4.78 is 23.7. The van der Waals surface area contributed by atoms with Crippen molar-refractivity contribution in [3.8, 4) is 5.75 Å². The Balaban J connectivity index is 1.92. The molecule has 1 amide bonds. The van der Waals surface area contributed by atoms with Crippen LogP contribution in [0.4, 0.5) is 4.39 Å². The maximum atomic E-state index is 13.5. The number of aromatic nitrogens is 1. The number of amides is 1. The van der Waals surface area contributed by atoms with Crippen molar-refractivity contribution in [1.82, 2.24) is 10.5 Å². The minimum Gasteiger partial charge on any atom is -0.482 e. The van der Waals surface area contributed by atoms with Crippen molar-refractivity contribution in [3.05, 3.63) is 47.6 Å². The second kappa shape index (κ2) is 7.78. The highest BCUT2D eigenvalue weighted by atomic mass is 19.1. The number of benzene rings is 1. The van der Waals surface area contributed by atoms with Crippen LogP contribution in [-0.2, 0) is 11.4 Å². The number of aliphatic carboxylic acids is 1. The fourth-order valence-electron chi connectivity index (χ4n) is 2.05. The number of rotatable bonds is 8. The Morgan fingerprint density at radius 3 is 2.76 bits per heavy atom. The molecule has 0 radical (unpaired) electrons. The first kappa shape index (κ1) is 18.4. The molecular weight excluding hydrogens is 331 g/mol. The van der Waals surface area contributed by atoms with Crippen LogP contribution in [-0.4, -0.2) is 27.7 Å². The van der Waals surface area contributed by atoms with Gasteiger partial charge in [-0.25, -0.2) is 4.39 Å². The number of hydrogen-bond acceptors (Lipinski definition) is 5. The highest BCUT2D eigenvalue weighted by Gasteiger charge is 2.24. The van der Waals surface area contributed by atoms with Gasteiger partial charge in [-0.3, -0.25) is 9.59 Å². The third kappa shape index (κ3) is 5.59. The fraction of sp³-hybridized carbons (Fsp3) is 0.353. The van der Waals surface area contributed by atoms with E-state index in [1.807, 2.05) is 0 Å². The van der Waals surface area contributed by atoms with Crippen molar-refractivity contribution < 1.29 is 28.3 Å². The van der Waals surface area contributed by atoms with Gasteiger partial charge in [-0.2, -0.15) is 0 Å². The van der Waals surface area contributed by atoms with Gasteiger partial charge in [-0.15, -0.1) is 0 Å². The largest absolute Gasteiger partial charge is 0.482 e. The van der Waals surface area contributed by atoms with Crippen LogP contribution in [0.1, 0.15) is 42.9 Å². The molecule has 134 valence electrons. The second-order valence-electron chi connectivity index (χ2n) is 6.13. The van der Waals surface area contributed by atoms with Crippen LogP contribution in [0.2, 0.25) is 0 Å². The zero-order valence-electron chi connectivity index (χ0n) is 13.9. The van der Waals surface area contributed by atoms with Crippen LogP contribution < -0.4 is 10.1 Å². The van der Waals surface area contributed by atoms with E-state index in [4.69, 9.17) is 14.4 Å². The van der Waals surface area contributed by atoms with E-state index < -0.39 is 23.2 Å². The number of carbonyl (C=O) groups is 2. The van der Waals surface area contributed by atoms with Crippen LogP contribution in [0, 0.1) is 5.82 Å². The molecule has 1 heterocycles. The Morgan fingerprint density at radius 2 is 2.08 bits per heavy atom. The molecule has 1 aromatic heterocycles. The van der Waals surface area contributed by atoms with Crippen LogP contribution in [0.25, 0.3) is 0 Å². The van der Waals surface area contributed by atoms with Gasteiger partial charge in [0.15, 0.2) is 23.0 Å². The van der Waals surface area contributed by atoms with Crippen LogP contribution in [0.15, 0.2) is 34.9 Å². The van der Waals surface area contributed by atoms with E-state index in [-0.39, 0.29) is 36.7 Å². The molecule has 0 bridgehead atoms. The maximum absolute atomic E-state index is 13.5. The third-order valence-electron chi connectivity index (χ3n) is 3.41. The smallest absolute Gasteiger partial charge is 0.303 e. The van der Waals surface area contributed by atoms with E-state index in [0.29, 0.717) is 0 Å². The van der Waals surface area contributed by atoms with E-state index in [1.54, 1.807) is 26.0 Å². The van der Waals surface area contributed by atoms with E-state index in [0.717, 1.165) is 0 Å². The highest BCUT2D eigenvalue weighted by Crippen LogP contribution is 2.18. The van der Waals surface area contributed by atoms with Crippen molar-refractivity contribution >= 4 is 11.9 Å². The lowest BCUT2D eigenvalue weighted by atomic mass is 9.98. The molecule has 2 rings (SSSR count). The van der Waals surface area contributed by atoms with Crippen molar-refractivity contribution in [2.24, 2.45) is 0 Å². The lowest BCUT2D eigenvalue weighted by Crippen LogP contribution is -2.43. The number of nitrogens with zero attached hydrogens (tertiary/aromatic N) is 1. The standard InChI is InChI=1S/C17H19FN2O5/c1-17(2,8-7-15(21)22)19-16(23)13-9-11(25-20-13)10-24-14-6-4-3-5-12(14)18/h3-6,9H,7-8,10H2,1-2H3,(H,19,23)(H,21,22). The predicted octanol–water partition coefficient (Wildman–Crippen LogP) is 2.77. The number of halogens is 1. The van der Waals surface area contributed by atoms with Gasteiger partial charge < -0.3 is 19.7 Å². The summed E-state index contributed by atoms with van der Waals surface area (Å²) in [6.07, 6.45) is 0.211. The average Bonchev–Trinajstić information content (AvgIpc) is 3.01. The quantitative estimate of drug-likeness (QED) is 0.759. The highest BCUT2D eigenvalue weighted by molar-refractivity contribution is 5.92. The number of carboxylic acid groups (broad SMARTS) is 1. The maximum Gasteiger partial charge on any atom is 0.303 e. The third-order valence-corrected chi connectivity index (χ3v) is 3.41. The molecule has 8 heteroatoms. The van der Waals surface area contributed by atoms with E-state index in [9.17, 15) is 14.0 Å². The molecule has 7 nitrogen and oxygen atoms in total. The average molecular weight is 350 g/mol. The van der Waals surface area contributed by atoms with Crippen LogP contribution in [0.3, 0.4) is 0 Å². The Hall–Kier alpha value is -2.90. The molecule has 0 aliphatic rings. The second-order valence-corrected chi connectivity index (χ2v) is 6.13. The molecule has 0 saturated heterocycles. The summed E-state index contributed by atoms with van der Waals surface area (Å²) in [4.78, 5) is 22.8. The van der Waals surface area contributed by atoms with Gasteiger partial charge in [-0.05, 0) is 32.4 Å². The van der Waals surface area contributed by atoms with Crippen LogP contribution in [0.5, 0.6) is 5.75 Å². The van der Waals surface area contributed by atoms with Gasteiger partial charge in [0.1, 0.15) is 6.61 Å². The SMILES string of the molecule is CC(C)(CCC(=O)O)NC(=O)c1cc(COc2ccccc2F)on1. The van der Waals surface area contributed by atoms with Gasteiger partial charge in [0.25, 0.3) is 5.91 Å². The van der Waals surface area contributed by atoms with Crippen molar-refractivity contribution in [1.29, 1.82) is 0 Å². The molecule has 2 aromatic rings. The molecule has 25 heavy (non-hydrogen) atoms. The molecule has 0 saturated carbocycles.